The summed E-state index contributed by atoms with van der Waals surface area (Å²) < 4.78 is 4.98. The summed E-state index contributed by atoms with van der Waals surface area (Å²) in [6, 6.07) is 5.89. The second-order valence-corrected chi connectivity index (χ2v) is 6.54. The zero-order valence-corrected chi connectivity index (χ0v) is 14.4. The Morgan fingerprint density at radius 2 is 2.00 bits per heavy atom. The van der Waals surface area contributed by atoms with Gasteiger partial charge in [0.25, 0.3) is 11.6 Å². The summed E-state index contributed by atoms with van der Waals surface area (Å²) in [5.41, 5.74) is 0.454. The van der Waals surface area contributed by atoms with Crippen molar-refractivity contribution in [3.05, 3.63) is 46.0 Å². The van der Waals surface area contributed by atoms with Crippen molar-refractivity contribution < 1.29 is 19.2 Å². The highest BCUT2D eigenvalue weighted by Crippen LogP contribution is 2.21. The van der Waals surface area contributed by atoms with Crippen molar-refractivity contribution in [2.45, 2.75) is 20.3 Å². The molecule has 1 saturated heterocycles. The Hall–Kier alpha value is -2.70. The molecule has 1 aliphatic heterocycles. The van der Waals surface area contributed by atoms with E-state index in [0.29, 0.717) is 30.5 Å². The first-order valence-corrected chi connectivity index (χ1v) is 8.22. The van der Waals surface area contributed by atoms with E-state index in [1.807, 2.05) is 0 Å². The van der Waals surface area contributed by atoms with Crippen LogP contribution >= 0.6 is 0 Å². The second-order valence-electron chi connectivity index (χ2n) is 6.54. The lowest BCUT2D eigenvalue weighted by Crippen LogP contribution is -2.44. The second kappa shape index (κ2) is 8.41. The quantitative estimate of drug-likeness (QED) is 0.354. The van der Waals surface area contributed by atoms with Gasteiger partial charge in [-0.1, -0.05) is 26.0 Å². The molecule has 0 N–H and O–H groups in total. The summed E-state index contributed by atoms with van der Waals surface area (Å²) in [7, 11) is 0. The molecular formula is C18H22N2O5. The highest BCUT2D eigenvalue weighted by atomic mass is 16.6. The zero-order chi connectivity index (χ0) is 18.4. The van der Waals surface area contributed by atoms with Gasteiger partial charge in [0, 0.05) is 31.3 Å². The van der Waals surface area contributed by atoms with Crippen LogP contribution in [0.25, 0.3) is 6.08 Å². The molecule has 0 aromatic heterocycles. The number of carbonyl (C=O) groups excluding carboxylic acids is 2. The number of rotatable bonds is 5. The van der Waals surface area contributed by atoms with Crippen LogP contribution in [-0.2, 0) is 14.3 Å². The monoisotopic (exact) mass is 346 g/mol. The number of amides is 1. The smallest absolute Gasteiger partial charge is 0.331 e. The number of carbonyl (C=O) groups is 2. The van der Waals surface area contributed by atoms with Gasteiger partial charge in [-0.3, -0.25) is 14.9 Å². The number of piperidine rings is 1. The van der Waals surface area contributed by atoms with Crippen LogP contribution in [-0.4, -0.2) is 41.4 Å². The molecule has 1 heterocycles. The maximum absolute atomic E-state index is 12.1. The molecule has 0 bridgehead atoms. The molecule has 1 aromatic rings. The van der Waals surface area contributed by atoms with E-state index in [2.05, 4.69) is 13.8 Å². The molecule has 2 atom stereocenters. The van der Waals surface area contributed by atoms with Gasteiger partial charge in [-0.25, -0.2) is 4.79 Å². The third-order valence-corrected chi connectivity index (χ3v) is 4.05. The molecule has 0 radical (unpaired) electrons. The Morgan fingerprint density at radius 1 is 1.32 bits per heavy atom. The molecule has 7 nitrogen and oxygen atoms in total. The predicted molar refractivity (Wildman–Crippen MR) is 92.6 cm³/mol. The fraction of sp³-hybridized carbons (Fsp3) is 0.444. The summed E-state index contributed by atoms with van der Waals surface area (Å²) in [6.07, 6.45) is 3.67. The number of benzene rings is 1. The first kappa shape index (κ1) is 18.6. The minimum Gasteiger partial charge on any atom is -0.452 e. The Labute approximate surface area is 146 Å². The number of hydrogen-bond acceptors (Lipinski definition) is 5. The first-order valence-electron chi connectivity index (χ1n) is 8.22. The molecule has 7 heteroatoms. The first-order chi connectivity index (χ1) is 11.8. The average molecular weight is 346 g/mol. The number of nitro benzene ring substituents is 1. The summed E-state index contributed by atoms with van der Waals surface area (Å²) in [6.45, 7) is 5.28. The van der Waals surface area contributed by atoms with E-state index in [1.54, 1.807) is 11.0 Å². The summed E-state index contributed by atoms with van der Waals surface area (Å²) >= 11 is 0. The SMILES string of the molecule is C[C@H]1C[C@H](C)CN(C(=O)COC(=O)/C=C/c2cccc([N+](=O)[O-])c2)C1. The van der Waals surface area contributed by atoms with E-state index in [4.69, 9.17) is 4.74 Å². The third-order valence-electron chi connectivity index (χ3n) is 4.05. The Bertz CT molecular complexity index is 676. The lowest BCUT2D eigenvalue weighted by Gasteiger charge is -2.34. The molecular weight excluding hydrogens is 324 g/mol. The van der Waals surface area contributed by atoms with Crippen LogP contribution in [0, 0.1) is 22.0 Å². The van der Waals surface area contributed by atoms with Gasteiger partial charge < -0.3 is 9.64 Å². The lowest BCUT2D eigenvalue weighted by atomic mass is 9.92. The molecule has 1 fully saturated rings. The highest BCUT2D eigenvalue weighted by molar-refractivity contribution is 5.89. The Morgan fingerprint density at radius 3 is 2.64 bits per heavy atom. The van der Waals surface area contributed by atoms with Gasteiger partial charge in [0.15, 0.2) is 6.61 Å². The molecule has 2 rings (SSSR count). The molecule has 0 saturated carbocycles. The molecule has 25 heavy (non-hydrogen) atoms. The van der Waals surface area contributed by atoms with Gasteiger partial charge in [-0.15, -0.1) is 0 Å². The van der Waals surface area contributed by atoms with Gasteiger partial charge in [-0.2, -0.15) is 0 Å². The van der Waals surface area contributed by atoms with Crippen molar-refractivity contribution >= 4 is 23.6 Å². The molecule has 1 aliphatic rings. The molecule has 134 valence electrons. The van der Waals surface area contributed by atoms with Gasteiger partial charge in [0.05, 0.1) is 4.92 Å². The van der Waals surface area contributed by atoms with Gasteiger partial charge in [-0.05, 0) is 29.9 Å². The van der Waals surface area contributed by atoms with Gasteiger partial charge >= 0.3 is 5.97 Å². The Balaban J connectivity index is 1.85. The van der Waals surface area contributed by atoms with Crippen LogP contribution in [0.1, 0.15) is 25.8 Å². The molecule has 1 amide bonds. The summed E-state index contributed by atoms with van der Waals surface area (Å²) in [4.78, 5) is 35.8. The standard InChI is InChI=1S/C18H22N2O5/c1-13-8-14(2)11-19(10-13)17(21)12-25-18(22)7-6-15-4-3-5-16(9-15)20(23)24/h3-7,9,13-14H,8,10-12H2,1-2H3/b7-6+/t13-,14-/m0/s1. The van der Waals surface area contributed by atoms with Crippen LogP contribution in [0.2, 0.25) is 0 Å². The van der Waals surface area contributed by atoms with Crippen LogP contribution in [0.4, 0.5) is 5.69 Å². The van der Waals surface area contributed by atoms with E-state index in [0.717, 1.165) is 12.5 Å². The van der Waals surface area contributed by atoms with E-state index < -0.39 is 10.9 Å². The minimum absolute atomic E-state index is 0.0565. The van der Waals surface area contributed by atoms with E-state index in [-0.39, 0.29) is 18.2 Å². The number of nitro groups is 1. The van der Waals surface area contributed by atoms with Crippen molar-refractivity contribution in [3.8, 4) is 0 Å². The average Bonchev–Trinajstić information content (AvgIpc) is 2.57. The summed E-state index contributed by atoms with van der Waals surface area (Å²) in [5, 5.41) is 10.7. The topological polar surface area (TPSA) is 89.8 Å². The lowest BCUT2D eigenvalue weighted by molar-refractivity contribution is -0.384. The number of likely N-dealkylation sites (tertiary alicyclic amines) is 1. The predicted octanol–water partition coefficient (Wildman–Crippen LogP) is 2.66. The van der Waals surface area contributed by atoms with Crippen molar-refractivity contribution in [1.82, 2.24) is 4.90 Å². The maximum Gasteiger partial charge on any atom is 0.331 e. The minimum atomic E-state index is -0.655. The van der Waals surface area contributed by atoms with E-state index >= 15 is 0 Å². The fourth-order valence-corrected chi connectivity index (χ4v) is 3.05. The van der Waals surface area contributed by atoms with Crippen LogP contribution in [0.15, 0.2) is 30.3 Å². The third kappa shape index (κ3) is 5.70. The largest absolute Gasteiger partial charge is 0.452 e. The van der Waals surface area contributed by atoms with Gasteiger partial charge in [0.1, 0.15) is 0 Å². The molecule has 1 aromatic carbocycles. The number of esters is 1. The zero-order valence-electron chi connectivity index (χ0n) is 14.4. The van der Waals surface area contributed by atoms with Crippen LogP contribution in [0.3, 0.4) is 0 Å². The number of non-ortho nitro benzene ring substituents is 1. The maximum atomic E-state index is 12.1. The van der Waals surface area contributed by atoms with Crippen LogP contribution < -0.4 is 0 Å². The van der Waals surface area contributed by atoms with Crippen molar-refractivity contribution in [2.24, 2.45) is 11.8 Å². The number of hydrogen-bond donors (Lipinski definition) is 0. The number of ether oxygens (including phenoxy) is 1. The fourth-order valence-electron chi connectivity index (χ4n) is 3.05. The van der Waals surface area contributed by atoms with E-state index in [1.165, 1.54) is 24.3 Å². The molecule has 0 spiro atoms. The van der Waals surface area contributed by atoms with Crippen molar-refractivity contribution in [3.63, 3.8) is 0 Å². The van der Waals surface area contributed by atoms with Crippen LogP contribution in [0.5, 0.6) is 0 Å². The normalized spacial score (nSPS) is 20.5. The summed E-state index contributed by atoms with van der Waals surface area (Å²) in [5.74, 6) is 0.0304. The Kier molecular flexibility index (Phi) is 6.27. The molecule has 0 aliphatic carbocycles. The van der Waals surface area contributed by atoms with E-state index in [9.17, 15) is 19.7 Å². The highest BCUT2D eigenvalue weighted by Gasteiger charge is 2.25. The molecule has 0 unspecified atom stereocenters. The van der Waals surface area contributed by atoms with Crippen molar-refractivity contribution in [2.75, 3.05) is 19.7 Å². The number of nitrogens with zero attached hydrogens (tertiary/aromatic N) is 2. The van der Waals surface area contributed by atoms with Crippen molar-refractivity contribution in [1.29, 1.82) is 0 Å². The van der Waals surface area contributed by atoms with Gasteiger partial charge in [0.2, 0.25) is 0 Å².